The van der Waals surface area contributed by atoms with Crippen molar-refractivity contribution < 1.29 is 9.59 Å². The molecule has 2 aromatic rings. The van der Waals surface area contributed by atoms with Crippen LogP contribution >= 0.6 is 0 Å². The van der Waals surface area contributed by atoms with Gasteiger partial charge in [-0.1, -0.05) is 42.5 Å². The van der Waals surface area contributed by atoms with Crippen LogP contribution in [0.1, 0.15) is 59.0 Å². The van der Waals surface area contributed by atoms with Crippen molar-refractivity contribution in [1.29, 1.82) is 0 Å². The minimum absolute atomic E-state index is 0.00468. The number of nitrogens with zero attached hydrogens (tertiary/aromatic N) is 2. The summed E-state index contributed by atoms with van der Waals surface area (Å²) in [6.45, 7) is 8.70. The summed E-state index contributed by atoms with van der Waals surface area (Å²) < 4.78 is 1.83. The molecule has 1 heterocycles. The molecule has 0 radical (unpaired) electrons. The van der Waals surface area contributed by atoms with Gasteiger partial charge in [0.25, 0.3) is 11.8 Å². The molecule has 1 aromatic carbocycles. The number of hydrogen-bond donors (Lipinski definition) is 1. The second-order valence-electron chi connectivity index (χ2n) is 7.54. The Bertz CT molecular complexity index is 975. The quantitative estimate of drug-likeness (QED) is 0.701. The monoisotopic (exact) mass is 393 g/mol. The minimum atomic E-state index is -0.530. The SMILES string of the molecule is C=C(C)CN(CC)C(=O)c1cn(C2CC2)cc(C(=O)NCc2ccccc2)c1=O. The van der Waals surface area contributed by atoms with E-state index in [0.717, 1.165) is 24.0 Å². The van der Waals surface area contributed by atoms with Crippen LogP contribution < -0.4 is 10.7 Å². The van der Waals surface area contributed by atoms with E-state index in [1.807, 2.05) is 48.7 Å². The van der Waals surface area contributed by atoms with Crippen LogP contribution in [0.2, 0.25) is 0 Å². The van der Waals surface area contributed by atoms with E-state index in [4.69, 9.17) is 0 Å². The van der Waals surface area contributed by atoms with E-state index >= 15 is 0 Å². The lowest BCUT2D eigenvalue weighted by atomic mass is 10.1. The molecule has 0 saturated heterocycles. The van der Waals surface area contributed by atoms with E-state index in [1.165, 1.54) is 0 Å². The van der Waals surface area contributed by atoms with Gasteiger partial charge >= 0.3 is 0 Å². The molecule has 0 spiro atoms. The molecule has 29 heavy (non-hydrogen) atoms. The van der Waals surface area contributed by atoms with Gasteiger partial charge in [-0.2, -0.15) is 0 Å². The fourth-order valence-corrected chi connectivity index (χ4v) is 3.19. The van der Waals surface area contributed by atoms with Crippen LogP contribution in [-0.4, -0.2) is 34.4 Å². The summed E-state index contributed by atoms with van der Waals surface area (Å²) in [5.41, 5.74) is 1.28. The Morgan fingerprint density at radius 2 is 1.83 bits per heavy atom. The molecule has 1 aliphatic rings. The third-order valence-corrected chi connectivity index (χ3v) is 4.91. The first-order chi connectivity index (χ1) is 13.9. The second-order valence-corrected chi connectivity index (χ2v) is 7.54. The molecule has 1 aliphatic carbocycles. The molecule has 1 aromatic heterocycles. The molecule has 1 N–H and O–H groups in total. The molecular weight excluding hydrogens is 366 g/mol. The van der Waals surface area contributed by atoms with Gasteiger partial charge in [0.05, 0.1) is 0 Å². The summed E-state index contributed by atoms with van der Waals surface area (Å²) in [6.07, 6.45) is 5.12. The van der Waals surface area contributed by atoms with Crippen molar-refractivity contribution in [2.24, 2.45) is 0 Å². The van der Waals surface area contributed by atoms with Crippen molar-refractivity contribution in [2.75, 3.05) is 13.1 Å². The van der Waals surface area contributed by atoms with E-state index in [-0.39, 0.29) is 23.1 Å². The van der Waals surface area contributed by atoms with Crippen LogP contribution in [0.5, 0.6) is 0 Å². The van der Waals surface area contributed by atoms with E-state index in [0.29, 0.717) is 19.6 Å². The standard InChI is InChI=1S/C23H27N3O3/c1-4-25(13-16(2)3)23(29)20-15-26(18-10-11-18)14-19(21(20)27)22(28)24-12-17-8-6-5-7-9-17/h5-9,14-15,18H,2,4,10-13H2,1,3H3,(H,24,28). The maximum absolute atomic E-state index is 13.0. The number of hydrogen-bond acceptors (Lipinski definition) is 3. The Morgan fingerprint density at radius 1 is 1.17 bits per heavy atom. The number of benzene rings is 1. The number of carbonyl (C=O) groups is 2. The summed E-state index contributed by atoms with van der Waals surface area (Å²) in [6, 6.07) is 9.72. The molecule has 0 atom stereocenters. The third-order valence-electron chi connectivity index (χ3n) is 4.91. The van der Waals surface area contributed by atoms with Gasteiger partial charge in [0, 0.05) is 38.1 Å². The zero-order chi connectivity index (χ0) is 21.0. The highest BCUT2D eigenvalue weighted by Gasteiger charge is 2.28. The van der Waals surface area contributed by atoms with Gasteiger partial charge in [-0.3, -0.25) is 14.4 Å². The van der Waals surface area contributed by atoms with Crippen LogP contribution in [0, 0.1) is 0 Å². The molecular formula is C23H27N3O3. The Labute approximate surface area is 170 Å². The fraction of sp³-hybridized carbons (Fsp3) is 0.348. The first-order valence-electron chi connectivity index (χ1n) is 9.92. The highest BCUT2D eigenvalue weighted by Crippen LogP contribution is 2.34. The van der Waals surface area contributed by atoms with Crippen molar-refractivity contribution in [3.63, 3.8) is 0 Å². The molecule has 0 bridgehead atoms. The first kappa shape index (κ1) is 20.6. The predicted octanol–water partition coefficient (Wildman–Crippen LogP) is 3.15. The zero-order valence-electron chi connectivity index (χ0n) is 17.0. The van der Waals surface area contributed by atoms with E-state index < -0.39 is 11.3 Å². The van der Waals surface area contributed by atoms with E-state index in [1.54, 1.807) is 17.3 Å². The van der Waals surface area contributed by atoms with Crippen molar-refractivity contribution in [2.45, 2.75) is 39.3 Å². The summed E-state index contributed by atoms with van der Waals surface area (Å²) in [7, 11) is 0. The average molecular weight is 393 g/mol. The first-order valence-corrected chi connectivity index (χ1v) is 9.92. The van der Waals surface area contributed by atoms with E-state index in [2.05, 4.69) is 11.9 Å². The molecule has 152 valence electrons. The Hall–Kier alpha value is -3.15. The zero-order valence-corrected chi connectivity index (χ0v) is 17.0. The smallest absolute Gasteiger partial charge is 0.259 e. The second kappa shape index (κ2) is 8.90. The number of carbonyl (C=O) groups excluding carboxylic acids is 2. The van der Waals surface area contributed by atoms with Crippen molar-refractivity contribution in [1.82, 2.24) is 14.8 Å². The highest BCUT2D eigenvalue weighted by atomic mass is 16.2. The molecule has 0 unspecified atom stereocenters. The van der Waals surface area contributed by atoms with Crippen molar-refractivity contribution >= 4 is 11.8 Å². The topological polar surface area (TPSA) is 71.4 Å². The van der Waals surface area contributed by atoms with Crippen molar-refractivity contribution in [3.8, 4) is 0 Å². The number of amides is 2. The lowest BCUT2D eigenvalue weighted by molar-refractivity contribution is 0.0776. The molecule has 3 rings (SSSR count). The minimum Gasteiger partial charge on any atom is -0.349 e. The maximum Gasteiger partial charge on any atom is 0.259 e. The lowest BCUT2D eigenvalue weighted by Gasteiger charge is -2.21. The molecule has 0 aliphatic heterocycles. The van der Waals surface area contributed by atoms with Gasteiger partial charge in [-0.15, -0.1) is 0 Å². The Kier molecular flexibility index (Phi) is 6.32. The van der Waals surface area contributed by atoms with Gasteiger partial charge in [0.2, 0.25) is 5.43 Å². The van der Waals surface area contributed by atoms with Gasteiger partial charge < -0.3 is 14.8 Å². The Balaban J connectivity index is 1.90. The van der Waals surface area contributed by atoms with Crippen LogP contribution in [0.25, 0.3) is 0 Å². The molecule has 1 saturated carbocycles. The number of likely N-dealkylation sites (N-methyl/N-ethyl adjacent to an activating group) is 1. The molecule has 2 amide bonds. The maximum atomic E-state index is 13.0. The normalized spacial score (nSPS) is 13.0. The molecule has 6 heteroatoms. The van der Waals surface area contributed by atoms with Crippen LogP contribution in [0.4, 0.5) is 0 Å². The number of aromatic nitrogens is 1. The van der Waals surface area contributed by atoms with Gasteiger partial charge in [-0.05, 0) is 32.3 Å². The van der Waals surface area contributed by atoms with Gasteiger partial charge in [0.1, 0.15) is 11.1 Å². The summed E-state index contributed by atoms with van der Waals surface area (Å²) in [4.78, 5) is 40.4. The van der Waals surface area contributed by atoms with E-state index in [9.17, 15) is 14.4 Å². The van der Waals surface area contributed by atoms with Gasteiger partial charge in [0.15, 0.2) is 0 Å². The summed E-state index contributed by atoms with van der Waals surface area (Å²) in [5.74, 6) is -0.835. The fourth-order valence-electron chi connectivity index (χ4n) is 3.19. The van der Waals surface area contributed by atoms with Crippen molar-refractivity contribution in [3.05, 3.63) is 81.8 Å². The predicted molar refractivity (Wildman–Crippen MR) is 113 cm³/mol. The largest absolute Gasteiger partial charge is 0.349 e. The average Bonchev–Trinajstić information content (AvgIpc) is 3.56. The lowest BCUT2D eigenvalue weighted by Crippen LogP contribution is -2.38. The third kappa shape index (κ3) is 5.02. The van der Waals surface area contributed by atoms with Gasteiger partial charge in [-0.25, -0.2) is 0 Å². The molecule has 6 nitrogen and oxygen atoms in total. The highest BCUT2D eigenvalue weighted by molar-refractivity contribution is 5.99. The Morgan fingerprint density at radius 3 is 2.41 bits per heavy atom. The number of nitrogens with one attached hydrogen (secondary N) is 1. The number of rotatable bonds is 8. The van der Waals surface area contributed by atoms with Crippen LogP contribution in [0.3, 0.4) is 0 Å². The summed E-state index contributed by atoms with van der Waals surface area (Å²) in [5, 5.41) is 2.79. The molecule has 1 fully saturated rings. The van der Waals surface area contributed by atoms with Crippen LogP contribution in [0.15, 0.2) is 59.7 Å². The summed E-state index contributed by atoms with van der Waals surface area (Å²) >= 11 is 0. The van der Waals surface area contributed by atoms with Crippen LogP contribution in [-0.2, 0) is 6.54 Å². The number of pyridine rings is 1.